The Morgan fingerprint density at radius 1 is 1.20 bits per heavy atom. The van der Waals surface area contributed by atoms with Crippen LogP contribution in [0, 0.1) is 0 Å². The highest BCUT2D eigenvalue weighted by Gasteiger charge is 2.28. The van der Waals surface area contributed by atoms with E-state index >= 15 is 0 Å². The van der Waals surface area contributed by atoms with Gasteiger partial charge in [0, 0.05) is 31.7 Å². The van der Waals surface area contributed by atoms with Gasteiger partial charge in [0.1, 0.15) is 0 Å². The van der Waals surface area contributed by atoms with E-state index in [1.807, 2.05) is 0 Å². The van der Waals surface area contributed by atoms with E-state index in [9.17, 15) is 0 Å². The summed E-state index contributed by atoms with van der Waals surface area (Å²) in [4.78, 5) is 5.04. The topological polar surface area (TPSA) is 18.5 Å². The first-order valence-electron chi connectivity index (χ1n) is 6.34. The Morgan fingerprint density at radius 3 is 2.53 bits per heavy atom. The van der Waals surface area contributed by atoms with E-state index in [2.05, 4.69) is 29.1 Å². The average Bonchev–Trinajstić information content (AvgIpc) is 2.65. The Labute approximate surface area is 93.8 Å². The van der Waals surface area contributed by atoms with Crippen molar-refractivity contribution < 1.29 is 0 Å². The van der Waals surface area contributed by atoms with E-state index in [0.29, 0.717) is 5.54 Å². The fourth-order valence-corrected chi connectivity index (χ4v) is 2.65. The molecule has 2 fully saturated rings. The lowest BCUT2D eigenvalue weighted by Gasteiger charge is -2.34. The molecular weight excluding hydrogens is 186 g/mol. The van der Waals surface area contributed by atoms with Gasteiger partial charge in [-0.2, -0.15) is 0 Å². The fourth-order valence-electron chi connectivity index (χ4n) is 2.65. The molecule has 2 saturated heterocycles. The summed E-state index contributed by atoms with van der Waals surface area (Å²) in [6.07, 6.45) is 4.04. The van der Waals surface area contributed by atoms with Crippen LogP contribution in [0.2, 0.25) is 0 Å². The SMILES string of the molecule is CN1CCN(CCC2(C)CCCN2)CC1. The van der Waals surface area contributed by atoms with Crippen LogP contribution in [0.15, 0.2) is 0 Å². The molecule has 2 aliphatic heterocycles. The summed E-state index contributed by atoms with van der Waals surface area (Å²) in [7, 11) is 2.22. The lowest BCUT2D eigenvalue weighted by atomic mass is 9.95. The van der Waals surface area contributed by atoms with Gasteiger partial charge < -0.3 is 15.1 Å². The molecule has 2 rings (SSSR count). The zero-order valence-electron chi connectivity index (χ0n) is 10.3. The van der Waals surface area contributed by atoms with E-state index in [0.717, 1.165) is 0 Å². The number of likely N-dealkylation sites (N-methyl/N-ethyl adjacent to an activating group) is 1. The highest BCUT2D eigenvalue weighted by molar-refractivity contribution is 4.89. The van der Waals surface area contributed by atoms with E-state index in [4.69, 9.17) is 0 Å². The van der Waals surface area contributed by atoms with Crippen LogP contribution in [0.4, 0.5) is 0 Å². The first-order chi connectivity index (χ1) is 7.18. The van der Waals surface area contributed by atoms with Crippen molar-refractivity contribution in [1.82, 2.24) is 15.1 Å². The third-order valence-electron chi connectivity index (χ3n) is 4.03. The van der Waals surface area contributed by atoms with Gasteiger partial charge in [-0.05, 0) is 46.3 Å². The third kappa shape index (κ3) is 3.16. The predicted octanol–water partition coefficient (Wildman–Crippen LogP) is 0.766. The molecular formula is C12H25N3. The Kier molecular flexibility index (Phi) is 3.65. The second kappa shape index (κ2) is 4.81. The number of piperazine rings is 1. The van der Waals surface area contributed by atoms with Crippen LogP contribution in [-0.4, -0.2) is 61.7 Å². The molecule has 3 nitrogen and oxygen atoms in total. The molecule has 1 atom stereocenters. The van der Waals surface area contributed by atoms with Gasteiger partial charge in [-0.3, -0.25) is 0 Å². The normalized spacial score (nSPS) is 34.8. The average molecular weight is 211 g/mol. The number of rotatable bonds is 3. The van der Waals surface area contributed by atoms with Crippen molar-refractivity contribution >= 4 is 0 Å². The molecule has 0 aliphatic carbocycles. The number of nitrogens with zero attached hydrogens (tertiary/aromatic N) is 2. The highest BCUT2D eigenvalue weighted by atomic mass is 15.2. The van der Waals surface area contributed by atoms with Crippen molar-refractivity contribution in [2.75, 3.05) is 46.3 Å². The van der Waals surface area contributed by atoms with Gasteiger partial charge in [-0.25, -0.2) is 0 Å². The van der Waals surface area contributed by atoms with Gasteiger partial charge in [-0.1, -0.05) is 0 Å². The lowest BCUT2D eigenvalue weighted by molar-refractivity contribution is 0.142. The molecule has 0 radical (unpaired) electrons. The first kappa shape index (κ1) is 11.4. The largest absolute Gasteiger partial charge is 0.311 e. The van der Waals surface area contributed by atoms with Crippen LogP contribution in [0.5, 0.6) is 0 Å². The van der Waals surface area contributed by atoms with E-state index < -0.39 is 0 Å². The summed E-state index contributed by atoms with van der Waals surface area (Å²) in [5.74, 6) is 0. The van der Waals surface area contributed by atoms with E-state index in [1.165, 1.54) is 58.5 Å². The van der Waals surface area contributed by atoms with Gasteiger partial charge in [-0.15, -0.1) is 0 Å². The van der Waals surface area contributed by atoms with E-state index in [1.54, 1.807) is 0 Å². The summed E-state index contributed by atoms with van der Waals surface area (Å²) in [5, 5.41) is 3.64. The Balaban J connectivity index is 1.69. The molecule has 0 amide bonds. The molecule has 0 aromatic rings. The summed E-state index contributed by atoms with van der Waals surface area (Å²) in [5.41, 5.74) is 0.434. The maximum Gasteiger partial charge on any atom is 0.0166 e. The van der Waals surface area contributed by atoms with Crippen LogP contribution < -0.4 is 5.32 Å². The van der Waals surface area contributed by atoms with Crippen LogP contribution in [-0.2, 0) is 0 Å². The maximum atomic E-state index is 3.64. The van der Waals surface area contributed by atoms with Crippen LogP contribution in [0.1, 0.15) is 26.2 Å². The Morgan fingerprint density at radius 2 is 1.93 bits per heavy atom. The van der Waals surface area contributed by atoms with Crippen LogP contribution >= 0.6 is 0 Å². The first-order valence-corrected chi connectivity index (χ1v) is 6.34. The van der Waals surface area contributed by atoms with Crippen molar-refractivity contribution in [2.45, 2.75) is 31.7 Å². The minimum atomic E-state index is 0.434. The zero-order chi connectivity index (χ0) is 10.7. The molecule has 0 aromatic carbocycles. The predicted molar refractivity (Wildman–Crippen MR) is 64.2 cm³/mol. The molecule has 0 saturated carbocycles. The lowest BCUT2D eigenvalue weighted by Crippen LogP contribution is -2.47. The molecule has 3 heteroatoms. The second-order valence-corrected chi connectivity index (χ2v) is 5.49. The van der Waals surface area contributed by atoms with Gasteiger partial charge in [0.2, 0.25) is 0 Å². The molecule has 0 spiro atoms. The van der Waals surface area contributed by atoms with Crippen molar-refractivity contribution in [1.29, 1.82) is 0 Å². The quantitative estimate of drug-likeness (QED) is 0.744. The van der Waals surface area contributed by atoms with Gasteiger partial charge >= 0.3 is 0 Å². The zero-order valence-corrected chi connectivity index (χ0v) is 10.3. The third-order valence-corrected chi connectivity index (χ3v) is 4.03. The molecule has 15 heavy (non-hydrogen) atoms. The van der Waals surface area contributed by atoms with Crippen LogP contribution in [0.25, 0.3) is 0 Å². The van der Waals surface area contributed by atoms with Gasteiger partial charge in [0.25, 0.3) is 0 Å². The minimum Gasteiger partial charge on any atom is -0.311 e. The Hall–Kier alpha value is -0.120. The van der Waals surface area contributed by atoms with Crippen LogP contribution in [0.3, 0.4) is 0 Å². The number of hydrogen-bond donors (Lipinski definition) is 1. The molecule has 1 unspecified atom stereocenters. The standard InChI is InChI=1S/C12H25N3/c1-12(4-3-6-13-12)5-7-15-10-8-14(2)9-11-15/h13H,3-11H2,1-2H3. The summed E-state index contributed by atoms with van der Waals surface area (Å²) in [6, 6.07) is 0. The monoisotopic (exact) mass is 211 g/mol. The summed E-state index contributed by atoms with van der Waals surface area (Å²) in [6.45, 7) is 9.88. The maximum absolute atomic E-state index is 3.64. The molecule has 0 bridgehead atoms. The Bertz CT molecular complexity index is 191. The molecule has 1 N–H and O–H groups in total. The van der Waals surface area contributed by atoms with E-state index in [-0.39, 0.29) is 0 Å². The molecule has 88 valence electrons. The number of nitrogens with one attached hydrogen (secondary N) is 1. The summed E-state index contributed by atoms with van der Waals surface area (Å²) < 4.78 is 0. The smallest absolute Gasteiger partial charge is 0.0166 e. The number of hydrogen-bond acceptors (Lipinski definition) is 3. The molecule has 2 aliphatic rings. The minimum absolute atomic E-state index is 0.434. The highest BCUT2D eigenvalue weighted by Crippen LogP contribution is 2.22. The second-order valence-electron chi connectivity index (χ2n) is 5.49. The fraction of sp³-hybridized carbons (Fsp3) is 1.00. The van der Waals surface area contributed by atoms with Crippen molar-refractivity contribution in [3.05, 3.63) is 0 Å². The van der Waals surface area contributed by atoms with Gasteiger partial charge in [0.15, 0.2) is 0 Å². The summed E-state index contributed by atoms with van der Waals surface area (Å²) >= 11 is 0. The van der Waals surface area contributed by atoms with Gasteiger partial charge in [0.05, 0.1) is 0 Å². The molecule has 2 heterocycles. The van der Waals surface area contributed by atoms with Crippen molar-refractivity contribution in [3.8, 4) is 0 Å². The molecule has 0 aromatic heterocycles. The van der Waals surface area contributed by atoms with Crippen molar-refractivity contribution in [2.24, 2.45) is 0 Å². The van der Waals surface area contributed by atoms with Crippen molar-refractivity contribution in [3.63, 3.8) is 0 Å².